The molecule has 0 saturated carbocycles. The van der Waals surface area contributed by atoms with Crippen molar-refractivity contribution in [2.45, 2.75) is 13.1 Å². The highest BCUT2D eigenvalue weighted by atomic mass is 19.1. The van der Waals surface area contributed by atoms with Crippen LogP contribution in [0.1, 0.15) is 6.92 Å². The highest BCUT2D eigenvalue weighted by molar-refractivity contribution is 5.77. The Morgan fingerprint density at radius 3 is 2.17 bits per heavy atom. The molecule has 0 fully saturated rings. The number of alkyl halides is 1. The van der Waals surface area contributed by atoms with E-state index in [2.05, 4.69) is 0 Å². The van der Waals surface area contributed by atoms with E-state index in [0.717, 1.165) is 6.92 Å². The summed E-state index contributed by atoms with van der Waals surface area (Å²) in [5, 5.41) is 0. The average molecular weight is 90.1 g/mol. The van der Waals surface area contributed by atoms with Crippen molar-refractivity contribution in [3.8, 4) is 0 Å². The summed E-state index contributed by atoms with van der Waals surface area (Å²) in [6.45, 7) is 1.04. The zero-order valence-corrected chi connectivity index (χ0v) is 3.36. The van der Waals surface area contributed by atoms with E-state index in [1.807, 2.05) is 0 Å². The van der Waals surface area contributed by atoms with Gasteiger partial charge >= 0.3 is 0 Å². The van der Waals surface area contributed by atoms with Crippen LogP contribution in [0, 0.1) is 0 Å². The van der Waals surface area contributed by atoms with Gasteiger partial charge in [-0.2, -0.15) is 0 Å². The van der Waals surface area contributed by atoms with Gasteiger partial charge in [0.25, 0.3) is 5.91 Å². The summed E-state index contributed by atoms with van der Waals surface area (Å²) in [7, 11) is 0. The fourth-order valence-corrected chi connectivity index (χ4v) is 0. The smallest absolute Gasteiger partial charge is 0.270 e. The summed E-state index contributed by atoms with van der Waals surface area (Å²) in [6.07, 6.45) is -1.62. The second kappa shape index (κ2) is 1.74. The highest BCUT2D eigenvalue weighted by Crippen LogP contribution is 1.82. The van der Waals surface area contributed by atoms with Crippen molar-refractivity contribution in [2.75, 3.05) is 0 Å². The third-order valence-electron chi connectivity index (χ3n) is 0.361. The maximum absolute atomic E-state index is 11.3. The van der Waals surface area contributed by atoms with Crippen molar-refractivity contribution in [3.05, 3.63) is 0 Å². The fraction of sp³-hybridized carbons (Fsp3) is 0.667. The van der Waals surface area contributed by atoms with Crippen molar-refractivity contribution in [2.24, 2.45) is 0 Å². The van der Waals surface area contributed by atoms with Crippen LogP contribution in [-0.4, -0.2) is 12.1 Å². The van der Waals surface area contributed by atoms with Crippen LogP contribution in [0.15, 0.2) is 0 Å². The van der Waals surface area contributed by atoms with Crippen molar-refractivity contribution >= 4 is 5.91 Å². The molecule has 2 nitrogen and oxygen atoms in total. The molecule has 35 valence electrons. The quantitative estimate of drug-likeness (QED) is 0.452. The van der Waals surface area contributed by atoms with Crippen LogP contribution >= 0.6 is 0 Å². The standard InChI is InChI=1S/C3H5FNO/c1-2(4)3(5)6/h2,5H,1H3/t2-/m1/s1. The number of hydrogen-bond acceptors (Lipinski definition) is 1. The van der Waals surface area contributed by atoms with E-state index in [0.29, 0.717) is 0 Å². The zero-order chi connectivity index (χ0) is 5.15. The van der Waals surface area contributed by atoms with Gasteiger partial charge in [0, 0.05) is 0 Å². The highest BCUT2D eigenvalue weighted by Gasteiger charge is 2.02. The average Bonchev–Trinajstić information content (AvgIpc) is 1.36. The number of nitrogens with one attached hydrogen (secondary N) is 1. The third kappa shape index (κ3) is 1.69. The molecule has 0 unspecified atom stereocenters. The Bertz CT molecular complexity index is 61.8. The molecule has 0 spiro atoms. The van der Waals surface area contributed by atoms with E-state index in [1.165, 1.54) is 0 Å². The molecule has 0 aromatic carbocycles. The summed E-state index contributed by atoms with van der Waals surface area (Å²) in [5.41, 5.74) is 6.02. The minimum absolute atomic E-state index is 1.04. The molecule has 1 N–H and O–H groups in total. The van der Waals surface area contributed by atoms with Gasteiger partial charge in [0.05, 0.1) is 0 Å². The molecule has 0 aliphatic heterocycles. The first kappa shape index (κ1) is 5.40. The molecule has 0 bridgehead atoms. The lowest BCUT2D eigenvalue weighted by molar-refractivity contribution is -0.122. The van der Waals surface area contributed by atoms with Gasteiger partial charge in [-0.05, 0) is 6.92 Å². The lowest BCUT2D eigenvalue weighted by Crippen LogP contribution is -2.10. The number of hydrogen-bond donors (Lipinski definition) is 0. The number of carbonyl (C=O) groups is 1. The van der Waals surface area contributed by atoms with Gasteiger partial charge in [-0.25, -0.2) is 4.39 Å². The minimum atomic E-state index is -1.62. The Balaban J connectivity index is 3.26. The molecular weight excluding hydrogens is 85.0 g/mol. The Morgan fingerprint density at radius 1 is 2.00 bits per heavy atom. The van der Waals surface area contributed by atoms with Crippen molar-refractivity contribution < 1.29 is 9.18 Å². The van der Waals surface area contributed by atoms with Crippen molar-refractivity contribution in [3.63, 3.8) is 0 Å². The molecule has 0 saturated heterocycles. The SMILES string of the molecule is C[C@@H](F)C([NH])=O. The predicted octanol–water partition coefficient (Wildman–Crippen LogP) is 0.154. The van der Waals surface area contributed by atoms with E-state index in [4.69, 9.17) is 5.73 Å². The van der Waals surface area contributed by atoms with Crippen LogP contribution < -0.4 is 5.73 Å². The molecule has 3 heteroatoms. The van der Waals surface area contributed by atoms with E-state index in [1.54, 1.807) is 0 Å². The van der Waals surface area contributed by atoms with Gasteiger partial charge in [0.1, 0.15) is 0 Å². The van der Waals surface area contributed by atoms with Gasteiger partial charge in [0.15, 0.2) is 6.17 Å². The fourth-order valence-electron chi connectivity index (χ4n) is 0. The molecule has 1 radical (unpaired) electrons. The molecule has 1 atom stereocenters. The summed E-state index contributed by atoms with van der Waals surface area (Å²) in [5.74, 6) is -1.16. The maximum atomic E-state index is 11.3. The van der Waals surface area contributed by atoms with Crippen molar-refractivity contribution in [1.29, 1.82) is 0 Å². The Labute approximate surface area is 35.1 Å². The number of halogens is 1. The molecular formula is C3H5FNO. The van der Waals surface area contributed by atoms with E-state index >= 15 is 0 Å². The normalized spacial score (nSPS) is 13.7. The molecule has 0 heterocycles. The summed E-state index contributed by atoms with van der Waals surface area (Å²) < 4.78 is 11.3. The zero-order valence-electron chi connectivity index (χ0n) is 3.36. The number of amides is 1. The molecule has 6 heavy (non-hydrogen) atoms. The summed E-state index contributed by atoms with van der Waals surface area (Å²) >= 11 is 0. The molecule has 0 aliphatic rings. The van der Waals surface area contributed by atoms with Crippen LogP contribution in [-0.2, 0) is 4.79 Å². The molecule has 0 rings (SSSR count). The van der Waals surface area contributed by atoms with Crippen LogP contribution in [0.2, 0.25) is 0 Å². The molecule has 0 aliphatic carbocycles. The minimum Gasteiger partial charge on any atom is -0.270 e. The molecule has 0 aromatic rings. The first-order valence-electron chi connectivity index (χ1n) is 1.54. The third-order valence-corrected chi connectivity index (χ3v) is 0.361. The van der Waals surface area contributed by atoms with Crippen LogP contribution in [0.4, 0.5) is 4.39 Å². The second-order valence-electron chi connectivity index (χ2n) is 0.980. The predicted molar refractivity (Wildman–Crippen MR) is 18.7 cm³/mol. The van der Waals surface area contributed by atoms with E-state index in [-0.39, 0.29) is 0 Å². The number of carbonyl (C=O) groups excluding carboxylic acids is 1. The van der Waals surface area contributed by atoms with E-state index < -0.39 is 12.1 Å². The van der Waals surface area contributed by atoms with Gasteiger partial charge < -0.3 is 0 Å². The topological polar surface area (TPSA) is 40.9 Å². The van der Waals surface area contributed by atoms with Crippen LogP contribution in [0.5, 0.6) is 0 Å². The number of rotatable bonds is 1. The molecule has 1 amide bonds. The van der Waals surface area contributed by atoms with Crippen LogP contribution in [0.25, 0.3) is 0 Å². The lowest BCUT2D eigenvalue weighted by Gasteiger charge is -1.85. The van der Waals surface area contributed by atoms with E-state index in [9.17, 15) is 9.18 Å². The van der Waals surface area contributed by atoms with Gasteiger partial charge in [-0.15, -0.1) is 0 Å². The maximum Gasteiger partial charge on any atom is 0.272 e. The van der Waals surface area contributed by atoms with Gasteiger partial charge in [0.2, 0.25) is 0 Å². The first-order valence-corrected chi connectivity index (χ1v) is 1.54. The van der Waals surface area contributed by atoms with Gasteiger partial charge in [-0.1, -0.05) is 0 Å². The Morgan fingerprint density at radius 2 is 2.17 bits per heavy atom. The van der Waals surface area contributed by atoms with Crippen molar-refractivity contribution in [1.82, 2.24) is 5.73 Å². The largest absolute Gasteiger partial charge is 0.272 e. The second-order valence-corrected chi connectivity index (χ2v) is 0.980. The first-order chi connectivity index (χ1) is 2.64. The molecule has 0 aromatic heterocycles. The Hall–Kier alpha value is -0.600. The van der Waals surface area contributed by atoms with Gasteiger partial charge in [-0.3, -0.25) is 10.5 Å². The Kier molecular flexibility index (Phi) is 1.57. The monoisotopic (exact) mass is 90.0 g/mol. The lowest BCUT2D eigenvalue weighted by atomic mass is 10.4. The van der Waals surface area contributed by atoms with Crippen LogP contribution in [0.3, 0.4) is 0 Å². The summed E-state index contributed by atoms with van der Waals surface area (Å²) in [4.78, 5) is 9.44. The summed E-state index contributed by atoms with van der Waals surface area (Å²) in [6, 6.07) is 0.